The largest absolute Gasteiger partial charge is 0.386 e. The van der Waals surface area contributed by atoms with Gasteiger partial charge in [0, 0.05) is 37.5 Å². The minimum atomic E-state index is -0.930. The van der Waals surface area contributed by atoms with E-state index in [9.17, 15) is 9.90 Å². The Hall–Kier alpha value is -4.45. The van der Waals surface area contributed by atoms with Crippen molar-refractivity contribution in [1.29, 1.82) is 0 Å². The first kappa shape index (κ1) is 30.0. The number of rotatable bonds is 13. The van der Waals surface area contributed by atoms with E-state index in [4.69, 9.17) is 14.8 Å². The van der Waals surface area contributed by atoms with Crippen LogP contribution in [0.3, 0.4) is 0 Å². The van der Waals surface area contributed by atoms with Gasteiger partial charge >= 0.3 is 6.03 Å². The first-order valence-electron chi connectivity index (χ1n) is 14.6. The predicted octanol–water partition coefficient (Wildman–Crippen LogP) is 5.64. The molecule has 0 radical (unpaired) electrons. The number of carbonyl (C=O) groups is 1. The van der Waals surface area contributed by atoms with Crippen LogP contribution in [0.2, 0.25) is 0 Å². The van der Waals surface area contributed by atoms with E-state index in [1.807, 2.05) is 73.7 Å². The number of methoxy groups -OCH3 is 1. The number of benzene rings is 2. The topological polar surface area (TPSA) is 138 Å². The van der Waals surface area contributed by atoms with E-state index in [-0.39, 0.29) is 6.04 Å². The number of aromatic nitrogens is 3. The van der Waals surface area contributed by atoms with Crippen LogP contribution in [0.4, 0.5) is 16.3 Å². The Bertz CT molecular complexity index is 1540. The molecule has 0 saturated heterocycles. The molecule has 3 heterocycles. The van der Waals surface area contributed by atoms with Crippen LogP contribution < -0.4 is 16.0 Å². The van der Waals surface area contributed by atoms with Crippen LogP contribution >= 0.6 is 0 Å². The molecule has 2 aromatic carbocycles. The van der Waals surface area contributed by atoms with E-state index in [1.54, 1.807) is 18.0 Å². The van der Waals surface area contributed by atoms with Gasteiger partial charge in [0.2, 0.25) is 0 Å². The lowest BCUT2D eigenvalue weighted by Gasteiger charge is -2.25. The summed E-state index contributed by atoms with van der Waals surface area (Å²) in [5.41, 5.74) is 5.33. The lowest BCUT2D eigenvalue weighted by atomic mass is 10.0. The van der Waals surface area contributed by atoms with E-state index >= 15 is 0 Å². The van der Waals surface area contributed by atoms with Crippen molar-refractivity contribution in [2.45, 2.75) is 44.9 Å². The molecule has 43 heavy (non-hydrogen) atoms. The molecule has 2 amide bonds. The van der Waals surface area contributed by atoms with Crippen molar-refractivity contribution in [3.63, 3.8) is 0 Å². The summed E-state index contributed by atoms with van der Waals surface area (Å²) in [5, 5.41) is 34.0. The summed E-state index contributed by atoms with van der Waals surface area (Å²) in [5.74, 6) is 0.505. The van der Waals surface area contributed by atoms with Gasteiger partial charge in [-0.1, -0.05) is 61.9 Å². The number of azo groups is 1. The molecule has 4 aromatic rings. The maximum Gasteiger partial charge on any atom is 0.320 e. The molecule has 11 nitrogen and oxygen atoms in total. The second kappa shape index (κ2) is 14.1. The molecule has 224 valence electrons. The first-order valence-corrected chi connectivity index (χ1v) is 14.6. The number of urea groups is 1. The van der Waals surface area contributed by atoms with Crippen molar-refractivity contribution in [2.24, 2.45) is 10.2 Å². The molecule has 1 aliphatic rings. The van der Waals surface area contributed by atoms with E-state index in [0.29, 0.717) is 36.8 Å². The van der Waals surface area contributed by atoms with Crippen LogP contribution in [0.5, 0.6) is 0 Å². The monoisotopic (exact) mass is 582 g/mol. The van der Waals surface area contributed by atoms with Crippen LogP contribution in [-0.4, -0.2) is 58.8 Å². The normalized spacial score (nSPS) is 15.2. The summed E-state index contributed by atoms with van der Waals surface area (Å²) in [6.45, 7) is 5.46. The number of anilines is 1. The van der Waals surface area contributed by atoms with Gasteiger partial charge in [-0.2, -0.15) is 15.3 Å². The van der Waals surface area contributed by atoms with E-state index in [1.165, 1.54) is 0 Å². The zero-order valence-electron chi connectivity index (χ0n) is 24.7. The number of aliphatic hydroxyl groups is 1. The minimum absolute atomic E-state index is 0.0129. The summed E-state index contributed by atoms with van der Waals surface area (Å²) >= 11 is 0. The second-order valence-corrected chi connectivity index (χ2v) is 10.5. The zero-order chi connectivity index (χ0) is 30.2. The van der Waals surface area contributed by atoms with Gasteiger partial charge < -0.3 is 20.5 Å². The fourth-order valence-corrected chi connectivity index (χ4v) is 5.13. The number of carbonyl (C=O) groups excluding carboxylic acids is 1. The Morgan fingerprint density at radius 1 is 1.12 bits per heavy atom. The Morgan fingerprint density at radius 3 is 2.58 bits per heavy atom. The van der Waals surface area contributed by atoms with Crippen molar-refractivity contribution in [3.8, 4) is 16.9 Å². The Balaban J connectivity index is 1.43. The Kier molecular flexibility index (Phi) is 9.88. The number of amides is 2. The van der Waals surface area contributed by atoms with Crippen LogP contribution in [0.15, 0.2) is 83.2 Å². The molecule has 1 unspecified atom stereocenters. The number of fused-ring (bicyclic) bond motifs is 1. The highest BCUT2D eigenvalue weighted by atomic mass is 16.5. The second-order valence-electron chi connectivity index (χ2n) is 10.5. The predicted molar refractivity (Wildman–Crippen MR) is 166 cm³/mol. The van der Waals surface area contributed by atoms with Gasteiger partial charge in [-0.3, -0.25) is 10.3 Å². The van der Waals surface area contributed by atoms with Crippen molar-refractivity contribution in [3.05, 3.63) is 89.7 Å². The van der Waals surface area contributed by atoms with Crippen LogP contribution in [-0.2, 0) is 4.74 Å². The number of hydrogen-bond acceptors (Lipinski definition) is 8. The summed E-state index contributed by atoms with van der Waals surface area (Å²) < 4.78 is 6.83. The summed E-state index contributed by atoms with van der Waals surface area (Å²) in [6.07, 6.45) is 2.76. The van der Waals surface area contributed by atoms with Gasteiger partial charge in [0.1, 0.15) is 23.7 Å². The third kappa shape index (κ3) is 6.96. The van der Waals surface area contributed by atoms with Crippen LogP contribution in [0.1, 0.15) is 48.7 Å². The molecule has 0 spiro atoms. The zero-order valence-corrected chi connectivity index (χ0v) is 24.7. The van der Waals surface area contributed by atoms with Gasteiger partial charge in [-0.25, -0.2) is 9.48 Å². The average Bonchev–Trinajstić information content (AvgIpc) is 3.59. The fourth-order valence-electron chi connectivity index (χ4n) is 5.13. The number of nitrogens with one attached hydrogen (secondary N) is 3. The standard InChI is InChI=1S/C32H38N8O3/c1-4-11-25-29-26(38-37-25)18-23(19-34-29)28-21(2)31(40(39-28)24-14-9-6-10-15-24)36-32(42)35-27(20-33-16-17-43-3)30(41)22-12-7-5-8-13-22/h5-10,12-15,18-19,25,27,30,33,41H,4,11,16-17,20H2,1-3H3,(H2,35,36,42)/t25?,27-,30+/m1/s1. The van der Waals surface area contributed by atoms with E-state index in [2.05, 4.69) is 33.1 Å². The molecule has 2 aromatic heterocycles. The lowest BCUT2D eigenvalue weighted by Crippen LogP contribution is -2.48. The average molecular weight is 583 g/mol. The molecule has 11 heteroatoms. The highest BCUT2D eigenvalue weighted by Gasteiger charge is 2.26. The Morgan fingerprint density at radius 2 is 1.86 bits per heavy atom. The number of pyridine rings is 1. The summed E-state index contributed by atoms with van der Waals surface area (Å²) in [4.78, 5) is 18.2. The van der Waals surface area contributed by atoms with E-state index in [0.717, 1.165) is 41.0 Å². The van der Waals surface area contributed by atoms with Crippen molar-refractivity contribution in [1.82, 2.24) is 25.4 Å². The summed E-state index contributed by atoms with van der Waals surface area (Å²) in [7, 11) is 1.63. The van der Waals surface area contributed by atoms with Gasteiger partial charge in [0.25, 0.3) is 0 Å². The highest BCUT2D eigenvalue weighted by molar-refractivity contribution is 5.91. The van der Waals surface area contributed by atoms with Gasteiger partial charge in [0.05, 0.1) is 29.7 Å². The van der Waals surface area contributed by atoms with Crippen molar-refractivity contribution >= 4 is 17.5 Å². The van der Waals surface area contributed by atoms with Crippen LogP contribution in [0, 0.1) is 6.92 Å². The SMILES string of the molecule is CCCC1N=Nc2cc(-c3nn(-c4ccccc4)c(NC(=O)N[C@H](CNCCOC)[C@@H](O)c4ccccc4)c3C)cnc21. The van der Waals surface area contributed by atoms with Gasteiger partial charge in [0.15, 0.2) is 0 Å². The molecular formula is C32H38N8O3. The maximum atomic E-state index is 13.5. The molecule has 0 bridgehead atoms. The number of ether oxygens (including phenoxy) is 1. The molecule has 0 saturated carbocycles. The summed E-state index contributed by atoms with van der Waals surface area (Å²) in [6, 6.07) is 19.7. The number of nitrogens with zero attached hydrogens (tertiary/aromatic N) is 5. The Labute approximate surface area is 251 Å². The molecule has 1 aliphatic heterocycles. The first-order chi connectivity index (χ1) is 21.0. The molecule has 0 fully saturated rings. The third-order valence-corrected chi connectivity index (χ3v) is 7.39. The molecule has 5 rings (SSSR count). The molecule has 0 aliphatic carbocycles. The molecule has 4 N–H and O–H groups in total. The van der Waals surface area contributed by atoms with Gasteiger partial charge in [-0.05, 0) is 37.1 Å². The van der Waals surface area contributed by atoms with Crippen LogP contribution in [0.25, 0.3) is 16.9 Å². The highest BCUT2D eigenvalue weighted by Crippen LogP contribution is 2.40. The quantitative estimate of drug-likeness (QED) is 0.151. The third-order valence-electron chi connectivity index (χ3n) is 7.39. The number of hydrogen-bond donors (Lipinski definition) is 4. The molecule has 3 atom stereocenters. The van der Waals surface area contributed by atoms with Crippen molar-refractivity contribution < 1.29 is 14.6 Å². The van der Waals surface area contributed by atoms with E-state index < -0.39 is 18.2 Å². The smallest absolute Gasteiger partial charge is 0.320 e. The van der Waals surface area contributed by atoms with Crippen molar-refractivity contribution in [2.75, 3.05) is 32.1 Å². The maximum absolute atomic E-state index is 13.5. The lowest BCUT2D eigenvalue weighted by molar-refractivity contribution is 0.128. The minimum Gasteiger partial charge on any atom is -0.386 e. The fraction of sp³-hybridized carbons (Fsp3) is 0.344. The van der Waals surface area contributed by atoms with Gasteiger partial charge in [-0.15, -0.1) is 0 Å². The number of para-hydroxylation sites is 1. The molecular weight excluding hydrogens is 544 g/mol. The number of aliphatic hydroxyl groups excluding tert-OH is 1.